The van der Waals surface area contributed by atoms with Crippen LogP contribution < -0.4 is 0 Å². The molecule has 4 nitrogen and oxygen atoms in total. The number of benzene rings is 2. The molecule has 29 heavy (non-hydrogen) atoms. The second kappa shape index (κ2) is 12.1. The minimum absolute atomic E-state index is 0.441. The molecule has 5 heteroatoms. The van der Waals surface area contributed by atoms with Gasteiger partial charge in [-0.2, -0.15) is 0 Å². The first-order chi connectivity index (χ1) is 14.2. The van der Waals surface area contributed by atoms with Crippen LogP contribution in [-0.4, -0.2) is 31.8 Å². The number of hydrogen-bond acceptors (Lipinski definition) is 4. The van der Waals surface area contributed by atoms with E-state index in [1.54, 1.807) is 0 Å². The number of unbranched alkanes of at least 4 members (excludes halogenated alkanes) is 2. The van der Waals surface area contributed by atoms with Gasteiger partial charge in [-0.3, -0.25) is 0 Å². The zero-order chi connectivity index (χ0) is 20.4. The first-order valence-corrected chi connectivity index (χ1v) is 17.3. The summed E-state index contributed by atoms with van der Waals surface area (Å²) in [4.78, 5) is 0. The van der Waals surface area contributed by atoms with Crippen molar-refractivity contribution in [1.29, 1.82) is 0 Å². The van der Waals surface area contributed by atoms with Gasteiger partial charge in [0.25, 0.3) is 0 Å². The molecule has 0 radical (unpaired) electrons. The summed E-state index contributed by atoms with van der Waals surface area (Å²) >= 11 is -3.20. The summed E-state index contributed by atoms with van der Waals surface area (Å²) in [6, 6.07) is 20.4. The Morgan fingerprint density at radius 1 is 0.690 bits per heavy atom. The maximum atomic E-state index is 6.62. The summed E-state index contributed by atoms with van der Waals surface area (Å²) in [7, 11) is 0. The molecule has 0 amide bonds. The molecule has 0 saturated carbocycles. The zero-order valence-electron chi connectivity index (χ0n) is 17.7. The Labute approximate surface area is 180 Å². The van der Waals surface area contributed by atoms with E-state index in [0.29, 0.717) is 13.2 Å². The van der Waals surface area contributed by atoms with E-state index in [0.717, 1.165) is 45.7 Å². The monoisotopic (exact) mass is 506 g/mol. The van der Waals surface area contributed by atoms with Gasteiger partial charge < -0.3 is 0 Å². The van der Waals surface area contributed by atoms with Crippen molar-refractivity contribution < 1.29 is 15.6 Å². The molecule has 0 unspecified atom stereocenters. The second-order valence-corrected chi connectivity index (χ2v) is 17.1. The third-order valence-corrected chi connectivity index (χ3v) is 15.4. The quantitative estimate of drug-likeness (QED) is 0.324. The molecule has 0 spiro atoms. The number of hydrogen-bond donors (Lipinski definition) is 0. The van der Waals surface area contributed by atoms with Crippen LogP contribution in [0.2, 0.25) is 8.87 Å². The molecule has 1 fully saturated rings. The molecule has 2 atom stereocenters. The molecule has 2 aromatic rings. The molecule has 0 N–H and O–H groups in total. The summed E-state index contributed by atoms with van der Waals surface area (Å²) < 4.78 is 27.7. The van der Waals surface area contributed by atoms with Crippen molar-refractivity contribution in [3.8, 4) is 0 Å². The van der Waals surface area contributed by atoms with Gasteiger partial charge in [0.15, 0.2) is 0 Å². The fraction of sp³-hybridized carbons (Fsp3) is 0.500. The average molecular weight is 505 g/mol. The molecule has 0 aliphatic carbocycles. The first kappa shape index (κ1) is 22.8. The van der Waals surface area contributed by atoms with Gasteiger partial charge in [0.05, 0.1) is 0 Å². The van der Waals surface area contributed by atoms with Crippen molar-refractivity contribution in [2.75, 3.05) is 0 Å². The molecule has 0 bridgehead atoms. The zero-order valence-corrected chi connectivity index (χ0v) is 20.6. The van der Waals surface area contributed by atoms with Crippen LogP contribution in [0.4, 0.5) is 0 Å². The fourth-order valence-electron chi connectivity index (χ4n) is 3.55. The molecule has 0 aromatic heterocycles. The Morgan fingerprint density at radius 2 is 1.10 bits per heavy atom. The average Bonchev–Trinajstić information content (AvgIpc) is 3.13. The van der Waals surface area contributed by atoms with E-state index in [1.807, 2.05) is 36.4 Å². The van der Waals surface area contributed by atoms with Gasteiger partial charge in [-0.05, 0) is 0 Å². The standard InChI is InChI=1S/C16H16O4.2C4H9.Sn/c17-15(19-11-13-7-3-1-4-8-13)16(18)20-12-14-9-5-2-6-10-14;2*1-3-4-2;/h1-10,15-16H,11-12H2;2*1,3-4H2,2H3;/q-2;;;+2/t15-,16-;;;/m0.../s1. The van der Waals surface area contributed by atoms with Gasteiger partial charge in [-0.1, -0.05) is 0 Å². The molecule has 158 valence electrons. The third kappa shape index (κ3) is 7.07. The summed E-state index contributed by atoms with van der Waals surface area (Å²) in [6.07, 6.45) is 3.73. The van der Waals surface area contributed by atoms with Gasteiger partial charge in [0.2, 0.25) is 0 Å². The topological polar surface area (TPSA) is 36.9 Å². The molecule has 1 saturated heterocycles. The molecule has 3 rings (SSSR count). The summed E-state index contributed by atoms with van der Waals surface area (Å²) in [5, 5.41) is 0. The van der Waals surface area contributed by atoms with E-state index in [4.69, 9.17) is 15.6 Å². The molecular formula is C24H34O4Sn. The van der Waals surface area contributed by atoms with Crippen molar-refractivity contribution in [1.82, 2.24) is 0 Å². The van der Waals surface area contributed by atoms with Gasteiger partial charge in [0.1, 0.15) is 0 Å². The van der Waals surface area contributed by atoms with Crippen molar-refractivity contribution in [3.63, 3.8) is 0 Å². The van der Waals surface area contributed by atoms with Crippen LogP contribution in [0.1, 0.15) is 50.7 Å². The van der Waals surface area contributed by atoms with Gasteiger partial charge in [0, 0.05) is 0 Å². The van der Waals surface area contributed by atoms with Gasteiger partial charge in [-0.25, -0.2) is 0 Å². The van der Waals surface area contributed by atoms with E-state index in [-0.39, 0.29) is 0 Å². The van der Waals surface area contributed by atoms with Crippen LogP contribution in [0.25, 0.3) is 0 Å². The second-order valence-electron chi connectivity index (χ2n) is 7.68. The first-order valence-electron chi connectivity index (χ1n) is 10.9. The van der Waals surface area contributed by atoms with E-state index in [9.17, 15) is 0 Å². The van der Waals surface area contributed by atoms with Crippen LogP contribution in [0, 0.1) is 0 Å². The van der Waals surface area contributed by atoms with E-state index in [2.05, 4.69) is 38.1 Å². The van der Waals surface area contributed by atoms with Crippen LogP contribution in [0.15, 0.2) is 60.7 Å². The summed E-state index contributed by atoms with van der Waals surface area (Å²) in [6.45, 7) is 5.45. The Kier molecular flexibility index (Phi) is 9.46. The van der Waals surface area contributed by atoms with Crippen LogP contribution in [0.5, 0.6) is 0 Å². The Bertz CT molecular complexity index is 633. The Morgan fingerprint density at radius 3 is 1.48 bits per heavy atom. The normalized spacial score (nSPS) is 20.8. The predicted molar refractivity (Wildman–Crippen MR) is 117 cm³/mol. The van der Waals surface area contributed by atoms with E-state index < -0.39 is 31.8 Å². The molecule has 1 aliphatic heterocycles. The van der Waals surface area contributed by atoms with Crippen LogP contribution in [0.3, 0.4) is 0 Å². The number of rotatable bonds is 12. The van der Waals surface area contributed by atoms with Crippen LogP contribution >= 0.6 is 0 Å². The predicted octanol–water partition coefficient (Wildman–Crippen LogP) is 6.16. The van der Waals surface area contributed by atoms with Crippen molar-refractivity contribution in [2.45, 2.75) is 74.2 Å². The van der Waals surface area contributed by atoms with E-state index in [1.165, 1.54) is 0 Å². The van der Waals surface area contributed by atoms with Crippen LogP contribution in [-0.2, 0) is 28.8 Å². The van der Waals surface area contributed by atoms with Gasteiger partial charge >= 0.3 is 181 Å². The Balaban J connectivity index is 1.68. The van der Waals surface area contributed by atoms with E-state index >= 15 is 0 Å². The third-order valence-electron chi connectivity index (χ3n) is 5.22. The molecule has 1 aliphatic rings. The molecule has 2 aromatic carbocycles. The number of ether oxygens (including phenoxy) is 2. The van der Waals surface area contributed by atoms with Crippen molar-refractivity contribution >= 4 is 19.2 Å². The van der Waals surface area contributed by atoms with Gasteiger partial charge in [-0.15, -0.1) is 0 Å². The molecule has 1 heterocycles. The van der Waals surface area contributed by atoms with Crippen molar-refractivity contribution in [2.24, 2.45) is 0 Å². The van der Waals surface area contributed by atoms with Crippen molar-refractivity contribution in [3.05, 3.63) is 71.8 Å². The maximum absolute atomic E-state index is 6.62. The SMILES string of the molecule is CCC[CH2][Sn]1([CH2]CCC)[O][C@@H](OCc2ccccc2)[C@H](OCc2ccccc2)[O]1. The summed E-state index contributed by atoms with van der Waals surface area (Å²) in [5.74, 6) is 0. The minimum atomic E-state index is -3.20. The summed E-state index contributed by atoms with van der Waals surface area (Å²) in [5.41, 5.74) is 2.26. The Hall–Kier alpha value is -0.921. The fourth-order valence-corrected chi connectivity index (χ4v) is 14.3. The molecular weight excluding hydrogens is 471 g/mol.